The maximum absolute atomic E-state index is 5.86. The van der Waals surface area contributed by atoms with Crippen molar-refractivity contribution in [3.05, 3.63) is 27.2 Å². The number of hydrogen-bond donors (Lipinski definition) is 2. The monoisotopic (exact) mass is 286 g/mol. The van der Waals surface area contributed by atoms with Gasteiger partial charge in [-0.05, 0) is 32.5 Å². The maximum Gasteiger partial charge on any atom is 0.315 e. The van der Waals surface area contributed by atoms with Gasteiger partial charge in [-0.1, -0.05) is 16.7 Å². The first-order valence-electron chi connectivity index (χ1n) is 5.68. The summed E-state index contributed by atoms with van der Waals surface area (Å²) in [6, 6.07) is 4.44. The maximum atomic E-state index is 5.86. The van der Waals surface area contributed by atoms with Gasteiger partial charge in [-0.2, -0.15) is 0 Å². The van der Waals surface area contributed by atoms with Crippen molar-refractivity contribution >= 4 is 29.0 Å². The van der Waals surface area contributed by atoms with Gasteiger partial charge in [0.25, 0.3) is 0 Å². The molecule has 18 heavy (non-hydrogen) atoms. The number of anilines is 1. The quantitative estimate of drug-likeness (QED) is 0.855. The van der Waals surface area contributed by atoms with Crippen molar-refractivity contribution in [3.63, 3.8) is 0 Å². The van der Waals surface area contributed by atoms with E-state index in [1.54, 1.807) is 11.3 Å². The number of nitrogens with zero attached hydrogens (tertiary/aromatic N) is 2. The van der Waals surface area contributed by atoms with Gasteiger partial charge in [-0.3, -0.25) is 0 Å². The van der Waals surface area contributed by atoms with Crippen molar-refractivity contribution in [2.24, 2.45) is 0 Å². The summed E-state index contributed by atoms with van der Waals surface area (Å²) < 4.78 is 6.27. The zero-order valence-corrected chi connectivity index (χ0v) is 11.8. The molecule has 0 aliphatic rings. The van der Waals surface area contributed by atoms with Crippen LogP contribution >= 0.6 is 22.9 Å². The van der Waals surface area contributed by atoms with E-state index in [9.17, 15) is 0 Å². The van der Waals surface area contributed by atoms with E-state index in [1.807, 2.05) is 26.1 Å². The Hall–Kier alpha value is -1.11. The van der Waals surface area contributed by atoms with Crippen LogP contribution in [0.2, 0.25) is 4.34 Å². The SMILES string of the molecule is CNC(C)c1nnc(NCCc2ccc(Cl)s2)o1. The summed E-state index contributed by atoms with van der Waals surface area (Å²) >= 11 is 7.45. The second kappa shape index (κ2) is 6.17. The molecule has 0 saturated carbocycles. The minimum absolute atomic E-state index is 0.0594. The fourth-order valence-electron chi connectivity index (χ4n) is 1.38. The second-order valence-corrected chi connectivity index (χ2v) is 5.64. The molecule has 2 rings (SSSR count). The number of thiophene rings is 1. The third-order valence-electron chi connectivity index (χ3n) is 2.52. The summed E-state index contributed by atoms with van der Waals surface area (Å²) in [6.07, 6.45) is 0.886. The van der Waals surface area contributed by atoms with E-state index in [1.165, 1.54) is 4.88 Å². The lowest BCUT2D eigenvalue weighted by molar-refractivity contribution is 0.441. The minimum Gasteiger partial charge on any atom is -0.406 e. The van der Waals surface area contributed by atoms with Crippen molar-refractivity contribution < 1.29 is 4.42 Å². The number of nitrogens with one attached hydrogen (secondary N) is 2. The molecular formula is C11H15ClN4OS. The Bertz CT molecular complexity index is 499. The van der Waals surface area contributed by atoms with Crippen LogP contribution in [-0.4, -0.2) is 23.8 Å². The van der Waals surface area contributed by atoms with Crippen molar-refractivity contribution in [2.45, 2.75) is 19.4 Å². The first-order chi connectivity index (χ1) is 8.69. The van der Waals surface area contributed by atoms with Crippen LogP contribution in [0.15, 0.2) is 16.5 Å². The summed E-state index contributed by atoms with van der Waals surface area (Å²) in [5.74, 6) is 0.583. The standard InChI is InChI=1S/C11H15ClN4OS/c1-7(13-2)10-15-16-11(17-10)14-6-5-8-3-4-9(12)18-8/h3-4,7,13H,5-6H2,1-2H3,(H,14,16). The molecule has 2 aromatic rings. The van der Waals surface area contributed by atoms with Gasteiger partial charge < -0.3 is 15.1 Å². The summed E-state index contributed by atoms with van der Waals surface area (Å²) in [5.41, 5.74) is 0. The molecule has 2 heterocycles. The lowest BCUT2D eigenvalue weighted by Crippen LogP contribution is -2.12. The van der Waals surface area contributed by atoms with Gasteiger partial charge in [0.15, 0.2) is 0 Å². The highest BCUT2D eigenvalue weighted by molar-refractivity contribution is 7.16. The van der Waals surface area contributed by atoms with E-state index in [-0.39, 0.29) is 6.04 Å². The molecule has 0 aliphatic carbocycles. The molecule has 0 radical (unpaired) electrons. The zero-order chi connectivity index (χ0) is 13.0. The van der Waals surface area contributed by atoms with E-state index in [0.717, 1.165) is 17.3 Å². The summed E-state index contributed by atoms with van der Waals surface area (Å²) in [6.45, 7) is 2.71. The van der Waals surface area contributed by atoms with Gasteiger partial charge in [0.1, 0.15) is 0 Å². The second-order valence-electron chi connectivity index (χ2n) is 3.84. The normalized spacial score (nSPS) is 12.6. The Kier molecular flexibility index (Phi) is 4.57. The molecule has 5 nitrogen and oxygen atoms in total. The van der Waals surface area contributed by atoms with E-state index >= 15 is 0 Å². The molecule has 0 bridgehead atoms. The molecule has 2 aromatic heterocycles. The van der Waals surface area contributed by atoms with Crippen LogP contribution in [0.5, 0.6) is 0 Å². The van der Waals surface area contributed by atoms with Gasteiger partial charge >= 0.3 is 6.01 Å². The topological polar surface area (TPSA) is 63.0 Å². The Morgan fingerprint density at radius 3 is 2.94 bits per heavy atom. The third-order valence-corrected chi connectivity index (χ3v) is 3.81. The van der Waals surface area contributed by atoms with Crippen LogP contribution in [-0.2, 0) is 6.42 Å². The lowest BCUT2D eigenvalue weighted by Gasteiger charge is -2.02. The number of aromatic nitrogens is 2. The van der Waals surface area contributed by atoms with E-state index in [2.05, 4.69) is 20.8 Å². The highest BCUT2D eigenvalue weighted by Gasteiger charge is 2.11. The molecule has 0 fully saturated rings. The summed E-state index contributed by atoms with van der Waals surface area (Å²) in [5, 5.41) is 14.0. The molecule has 0 amide bonds. The number of hydrogen-bond acceptors (Lipinski definition) is 6. The first-order valence-corrected chi connectivity index (χ1v) is 6.87. The Labute approximate surface area is 115 Å². The van der Waals surface area contributed by atoms with E-state index in [0.29, 0.717) is 11.9 Å². The number of rotatable bonds is 6. The van der Waals surface area contributed by atoms with Gasteiger partial charge in [-0.15, -0.1) is 16.4 Å². The van der Waals surface area contributed by atoms with Gasteiger partial charge in [0.2, 0.25) is 5.89 Å². The number of halogens is 1. The molecule has 0 spiro atoms. The zero-order valence-electron chi connectivity index (χ0n) is 10.2. The molecule has 0 aromatic carbocycles. The van der Waals surface area contributed by atoms with Crippen LogP contribution in [0, 0.1) is 0 Å². The van der Waals surface area contributed by atoms with Gasteiger partial charge in [0, 0.05) is 11.4 Å². The highest BCUT2D eigenvalue weighted by atomic mass is 35.5. The van der Waals surface area contributed by atoms with E-state index < -0.39 is 0 Å². The average Bonchev–Trinajstić information content (AvgIpc) is 2.98. The Morgan fingerprint density at radius 1 is 1.44 bits per heavy atom. The smallest absolute Gasteiger partial charge is 0.315 e. The highest BCUT2D eigenvalue weighted by Crippen LogP contribution is 2.21. The molecule has 2 N–H and O–H groups in total. The van der Waals surface area contributed by atoms with Crippen LogP contribution in [0.25, 0.3) is 0 Å². The largest absolute Gasteiger partial charge is 0.406 e. The van der Waals surface area contributed by atoms with Gasteiger partial charge in [-0.25, -0.2) is 0 Å². The summed E-state index contributed by atoms with van der Waals surface area (Å²) in [4.78, 5) is 1.23. The van der Waals surface area contributed by atoms with Crippen LogP contribution in [0.4, 0.5) is 6.01 Å². The van der Waals surface area contributed by atoms with Crippen LogP contribution < -0.4 is 10.6 Å². The fourth-order valence-corrected chi connectivity index (χ4v) is 2.47. The van der Waals surface area contributed by atoms with Crippen LogP contribution in [0.3, 0.4) is 0 Å². The van der Waals surface area contributed by atoms with Crippen molar-refractivity contribution in [1.29, 1.82) is 0 Å². The summed E-state index contributed by atoms with van der Waals surface area (Å²) in [7, 11) is 1.85. The fraction of sp³-hybridized carbons (Fsp3) is 0.455. The van der Waals surface area contributed by atoms with Crippen molar-refractivity contribution in [1.82, 2.24) is 15.5 Å². The first kappa shape index (κ1) is 13.3. The average molecular weight is 287 g/mol. The Balaban J connectivity index is 1.81. The molecule has 1 unspecified atom stereocenters. The molecule has 0 saturated heterocycles. The molecule has 1 atom stereocenters. The third kappa shape index (κ3) is 3.44. The minimum atomic E-state index is 0.0594. The molecule has 7 heteroatoms. The predicted molar refractivity (Wildman–Crippen MR) is 73.3 cm³/mol. The molecular weight excluding hydrogens is 272 g/mol. The Morgan fingerprint density at radius 2 is 2.28 bits per heavy atom. The molecule has 0 aliphatic heterocycles. The van der Waals surface area contributed by atoms with Crippen molar-refractivity contribution in [3.8, 4) is 0 Å². The lowest BCUT2D eigenvalue weighted by atomic mass is 10.3. The van der Waals surface area contributed by atoms with Crippen molar-refractivity contribution in [2.75, 3.05) is 18.9 Å². The molecule has 98 valence electrons. The van der Waals surface area contributed by atoms with Crippen LogP contribution in [0.1, 0.15) is 23.7 Å². The van der Waals surface area contributed by atoms with Gasteiger partial charge in [0.05, 0.1) is 10.4 Å². The predicted octanol–water partition coefficient (Wildman–Crippen LogP) is 2.72. The van der Waals surface area contributed by atoms with E-state index in [4.69, 9.17) is 16.0 Å².